The number of hydrogen-bond acceptors (Lipinski definition) is 2. The van der Waals surface area contributed by atoms with Crippen molar-refractivity contribution in [3.05, 3.63) is 388 Å². The zero-order chi connectivity index (χ0) is 63.6. The molecule has 96 heavy (non-hydrogen) atoms. The minimum atomic E-state index is -3.09. The van der Waals surface area contributed by atoms with E-state index in [0.717, 1.165) is 45.2 Å². The molecular formula is C90H64BN3Si2. The van der Waals surface area contributed by atoms with Gasteiger partial charge in [-0.15, -0.1) is 0 Å². The Labute approximate surface area is 563 Å². The normalized spacial score (nSPS) is 12.5. The fourth-order valence-electron chi connectivity index (χ4n) is 16.4. The number of anilines is 6. The average molecular weight is 1250 g/mol. The van der Waals surface area contributed by atoms with Crippen LogP contribution >= 0.6 is 0 Å². The zero-order valence-corrected chi connectivity index (χ0v) is 54.9. The Morgan fingerprint density at radius 2 is 0.583 bits per heavy atom. The number of nitrogens with zero attached hydrogens (tertiary/aromatic N) is 3. The Morgan fingerprint density at radius 3 is 1.05 bits per heavy atom. The van der Waals surface area contributed by atoms with Gasteiger partial charge in [0.1, 0.15) is 0 Å². The van der Waals surface area contributed by atoms with Crippen LogP contribution in [-0.2, 0) is 0 Å². The maximum absolute atomic E-state index is 3.09. The van der Waals surface area contributed by atoms with Crippen LogP contribution in [0.5, 0.6) is 0 Å². The number of aromatic nitrogens is 1. The molecule has 6 heteroatoms. The van der Waals surface area contributed by atoms with E-state index in [0.29, 0.717) is 0 Å². The number of benzene rings is 15. The van der Waals surface area contributed by atoms with Crippen LogP contribution in [0.25, 0.3) is 49.7 Å². The van der Waals surface area contributed by atoms with Gasteiger partial charge in [-0.05, 0) is 141 Å². The summed E-state index contributed by atoms with van der Waals surface area (Å²) >= 11 is 0. The molecule has 0 N–H and O–H groups in total. The summed E-state index contributed by atoms with van der Waals surface area (Å²) in [6.45, 7) is -0.197. The largest absolute Gasteiger partial charge is 0.311 e. The van der Waals surface area contributed by atoms with Crippen molar-refractivity contribution in [2.24, 2.45) is 0 Å². The number of hydrogen-bond donors (Lipinski definition) is 0. The first-order valence-electron chi connectivity index (χ1n) is 33.3. The molecule has 0 amide bonds. The van der Waals surface area contributed by atoms with E-state index in [2.05, 4.69) is 403 Å². The van der Waals surface area contributed by atoms with Crippen LogP contribution in [0.4, 0.5) is 34.1 Å². The molecule has 16 aromatic rings. The van der Waals surface area contributed by atoms with Crippen molar-refractivity contribution >= 4 is 137 Å². The second kappa shape index (κ2) is 23.6. The molecule has 450 valence electrons. The average Bonchev–Trinajstić information content (AvgIpc) is 0.788. The molecule has 3 nitrogen and oxygen atoms in total. The molecule has 0 saturated heterocycles. The topological polar surface area (TPSA) is 11.4 Å². The van der Waals surface area contributed by atoms with Crippen molar-refractivity contribution in [3.8, 4) is 27.9 Å². The highest BCUT2D eigenvalue weighted by molar-refractivity contribution is 7.20. The van der Waals surface area contributed by atoms with Gasteiger partial charge >= 0.3 is 0 Å². The van der Waals surface area contributed by atoms with Gasteiger partial charge in [0.05, 0.1) is 16.7 Å². The van der Waals surface area contributed by atoms with Gasteiger partial charge in [0.15, 0.2) is 16.1 Å². The van der Waals surface area contributed by atoms with E-state index in [-0.39, 0.29) is 6.71 Å². The summed E-state index contributed by atoms with van der Waals surface area (Å²) in [7, 11) is -6.12. The fraction of sp³-hybridized carbons (Fsp3) is 0. The Balaban J connectivity index is 0.978. The molecule has 0 radical (unpaired) electrons. The van der Waals surface area contributed by atoms with Gasteiger partial charge in [0.25, 0.3) is 6.71 Å². The molecule has 0 atom stereocenters. The predicted molar refractivity (Wildman–Crippen MR) is 413 cm³/mol. The van der Waals surface area contributed by atoms with E-state index >= 15 is 0 Å². The SMILES string of the molecule is c1ccc(-c2ccc(N3c4cc([Si](c5ccccc5)(c5ccccc5)c5ccccc5)ccc4B4c5cc(-c6ccccc6)ccc5N(c5cccc([Si](c6ccccc6)(c6ccccc6)c6ccccc6)c5)c5cc(-n6c7ccccc7c7ccccc76)cc3c54)cc2)cc1. The molecule has 0 aliphatic carbocycles. The summed E-state index contributed by atoms with van der Waals surface area (Å²) in [5, 5.41) is 13.1. The third kappa shape index (κ3) is 9.09. The van der Waals surface area contributed by atoms with Crippen LogP contribution in [-0.4, -0.2) is 27.4 Å². The molecule has 15 aromatic carbocycles. The van der Waals surface area contributed by atoms with Crippen LogP contribution in [0.3, 0.4) is 0 Å². The molecule has 0 bridgehead atoms. The lowest BCUT2D eigenvalue weighted by Crippen LogP contribution is -2.75. The predicted octanol–water partition coefficient (Wildman–Crippen LogP) is 15.0. The monoisotopic (exact) mass is 1250 g/mol. The molecule has 3 heterocycles. The smallest absolute Gasteiger partial charge is 0.252 e. The molecule has 0 spiro atoms. The lowest BCUT2D eigenvalue weighted by molar-refractivity contribution is 1.16. The molecule has 18 rings (SSSR count). The van der Waals surface area contributed by atoms with E-state index < -0.39 is 16.1 Å². The van der Waals surface area contributed by atoms with E-state index in [1.54, 1.807) is 0 Å². The van der Waals surface area contributed by atoms with E-state index in [9.17, 15) is 0 Å². The summed E-state index contributed by atoms with van der Waals surface area (Å²) in [5.74, 6) is 0. The fourth-order valence-corrected chi connectivity index (χ4v) is 25.9. The lowest BCUT2D eigenvalue weighted by atomic mass is 9.33. The van der Waals surface area contributed by atoms with Gasteiger partial charge in [0, 0.05) is 44.9 Å². The van der Waals surface area contributed by atoms with Crippen LogP contribution < -0.4 is 67.7 Å². The lowest BCUT2D eigenvalue weighted by Gasteiger charge is -2.45. The molecule has 0 fully saturated rings. The first-order chi connectivity index (χ1) is 47.6. The molecule has 0 saturated carbocycles. The zero-order valence-electron chi connectivity index (χ0n) is 52.9. The van der Waals surface area contributed by atoms with Gasteiger partial charge in [-0.25, -0.2) is 0 Å². The van der Waals surface area contributed by atoms with Crippen LogP contribution in [0.15, 0.2) is 388 Å². The van der Waals surface area contributed by atoms with Crippen molar-refractivity contribution in [2.45, 2.75) is 0 Å². The van der Waals surface area contributed by atoms with Gasteiger partial charge in [-0.3, -0.25) is 0 Å². The molecule has 0 unspecified atom stereocenters. The second-order valence-corrected chi connectivity index (χ2v) is 33.1. The summed E-state index contributed by atoms with van der Waals surface area (Å²) in [6.07, 6.45) is 0. The van der Waals surface area contributed by atoms with Crippen molar-refractivity contribution in [3.63, 3.8) is 0 Å². The Hall–Kier alpha value is -11.8. The summed E-state index contributed by atoms with van der Waals surface area (Å²) in [4.78, 5) is 5.27. The highest BCUT2D eigenvalue weighted by Gasteiger charge is 2.48. The third-order valence-electron chi connectivity index (χ3n) is 20.4. The minimum absolute atomic E-state index is 0.197. The number of fused-ring (bicyclic) bond motifs is 7. The van der Waals surface area contributed by atoms with Gasteiger partial charge in [-0.1, -0.05) is 328 Å². The maximum atomic E-state index is 2.64. The van der Waals surface area contributed by atoms with Gasteiger partial charge in [0.2, 0.25) is 0 Å². The molecule has 2 aliphatic heterocycles. The van der Waals surface area contributed by atoms with Gasteiger partial charge in [-0.2, -0.15) is 0 Å². The Morgan fingerprint density at radius 1 is 0.208 bits per heavy atom. The molecule has 1 aromatic heterocycles. The van der Waals surface area contributed by atoms with Crippen LogP contribution in [0, 0.1) is 0 Å². The van der Waals surface area contributed by atoms with E-state index in [4.69, 9.17) is 0 Å². The summed E-state index contributed by atoms with van der Waals surface area (Å²) in [6, 6.07) is 147. The van der Waals surface area contributed by atoms with Crippen molar-refractivity contribution < 1.29 is 0 Å². The highest BCUT2D eigenvalue weighted by Crippen LogP contribution is 2.47. The van der Waals surface area contributed by atoms with Crippen molar-refractivity contribution in [2.75, 3.05) is 9.80 Å². The van der Waals surface area contributed by atoms with Gasteiger partial charge < -0.3 is 14.4 Å². The van der Waals surface area contributed by atoms with Crippen molar-refractivity contribution in [1.82, 2.24) is 4.57 Å². The summed E-state index contributed by atoms with van der Waals surface area (Å²) in [5.41, 5.74) is 18.7. The quantitative estimate of drug-likeness (QED) is 0.0842. The molecule has 2 aliphatic rings. The van der Waals surface area contributed by atoms with E-state index in [1.165, 1.54) is 96.6 Å². The molecular weight excluding hydrogens is 1190 g/mol. The maximum Gasteiger partial charge on any atom is 0.252 e. The second-order valence-electron chi connectivity index (χ2n) is 25.4. The Kier molecular flexibility index (Phi) is 14.0. The summed E-state index contributed by atoms with van der Waals surface area (Å²) < 4.78 is 2.53. The Bertz CT molecular complexity index is 5280. The third-order valence-corrected chi connectivity index (χ3v) is 30.0. The highest BCUT2D eigenvalue weighted by atomic mass is 28.3. The van der Waals surface area contributed by atoms with Crippen molar-refractivity contribution in [1.29, 1.82) is 0 Å². The van der Waals surface area contributed by atoms with Crippen LogP contribution in [0.1, 0.15) is 0 Å². The van der Waals surface area contributed by atoms with E-state index in [1.807, 2.05) is 0 Å². The first-order valence-corrected chi connectivity index (χ1v) is 37.3. The first kappa shape index (κ1) is 56.9. The number of para-hydroxylation sites is 2. The number of rotatable bonds is 13. The standard InChI is InChI=1S/C90H64BN3Si2/c1-9-30-65(31-10-1)67-52-55-69(56-53-67)92-87-64-79(96(75-41-19-6-20-42-75,76-43-21-7-22-44-76)77-45-23-8-24-46-77)57-58-82(87)91-83-60-68(66-32-11-2-12-33-66)54-59-86(83)93(89-63-71(62-88(92)90(89)91)94-84-50-27-25-48-80(84)81-49-26-28-51-85(81)94)70-34-29-47-78(61-70)95(72-35-13-3-14-36-72,73-37-15-4-16-38-73)74-39-17-5-18-40-74/h1-64H. The minimum Gasteiger partial charge on any atom is -0.311 e. The van der Waals surface area contributed by atoms with Crippen LogP contribution in [0.2, 0.25) is 0 Å².